The molecule has 0 radical (unpaired) electrons. The molecule has 31 heavy (non-hydrogen) atoms. The summed E-state index contributed by atoms with van der Waals surface area (Å²) in [4.78, 5) is 30.8. The molecule has 1 fully saturated rings. The average molecular weight is 422 g/mol. The normalized spacial score (nSPS) is 16.5. The van der Waals surface area contributed by atoms with Gasteiger partial charge in [0.1, 0.15) is 12.1 Å². The van der Waals surface area contributed by atoms with E-state index in [1.54, 1.807) is 24.3 Å². The molecule has 0 spiro atoms. The van der Waals surface area contributed by atoms with Crippen LogP contribution < -0.4 is 15.4 Å². The molecule has 2 aromatic heterocycles. The van der Waals surface area contributed by atoms with Crippen molar-refractivity contribution in [2.45, 2.75) is 19.6 Å². The number of nitrogens with zero attached hydrogens (tertiary/aromatic N) is 6. The maximum Gasteiger partial charge on any atom is 0.261 e. The molecule has 0 atom stereocenters. The summed E-state index contributed by atoms with van der Waals surface area (Å²) in [5.74, 6) is 1.00. The molecule has 0 aliphatic carbocycles. The fourth-order valence-electron chi connectivity index (χ4n) is 4.29. The molecule has 3 aromatic rings. The predicted octanol–water partition coefficient (Wildman–Crippen LogP) is 1.23. The van der Waals surface area contributed by atoms with Crippen molar-refractivity contribution in [3.63, 3.8) is 0 Å². The number of hydrogen-bond acceptors (Lipinski definition) is 8. The summed E-state index contributed by atoms with van der Waals surface area (Å²) in [6.07, 6.45) is 4.12. The fraction of sp³-hybridized carbons (Fsp3) is 0.455. The molecule has 0 N–H and O–H groups in total. The summed E-state index contributed by atoms with van der Waals surface area (Å²) < 4.78 is 12.3. The number of anilines is 2. The highest BCUT2D eigenvalue weighted by Gasteiger charge is 2.24. The molecule has 2 aliphatic heterocycles. The van der Waals surface area contributed by atoms with E-state index in [4.69, 9.17) is 9.47 Å². The van der Waals surface area contributed by atoms with E-state index >= 15 is 0 Å². The van der Waals surface area contributed by atoms with Gasteiger partial charge in [-0.15, -0.1) is 0 Å². The van der Waals surface area contributed by atoms with Crippen molar-refractivity contribution in [2.24, 2.45) is 0 Å². The second-order valence-corrected chi connectivity index (χ2v) is 7.84. The third-order valence-corrected chi connectivity index (χ3v) is 6.03. The minimum absolute atomic E-state index is 0.0332. The first-order valence-electron chi connectivity index (χ1n) is 10.6. The highest BCUT2D eigenvalue weighted by Crippen LogP contribution is 2.27. The van der Waals surface area contributed by atoms with Gasteiger partial charge in [0.05, 0.1) is 49.3 Å². The number of aromatic nitrogens is 4. The van der Waals surface area contributed by atoms with Crippen LogP contribution in [-0.4, -0.2) is 66.0 Å². The van der Waals surface area contributed by atoms with Gasteiger partial charge in [-0.2, -0.15) is 0 Å². The SMILES string of the molecule is COCCn1cnc2cc(N3CCN(c4ncnc5c4COCC5)CC3)ccc2c1=O. The molecule has 162 valence electrons. The molecular formula is C22H26N6O3. The zero-order valence-electron chi connectivity index (χ0n) is 17.7. The molecular weight excluding hydrogens is 396 g/mol. The van der Waals surface area contributed by atoms with Crippen molar-refractivity contribution in [3.05, 3.63) is 52.5 Å². The Bertz CT molecular complexity index is 1140. The van der Waals surface area contributed by atoms with Crippen LogP contribution in [0.3, 0.4) is 0 Å². The number of rotatable bonds is 5. The number of methoxy groups -OCH3 is 1. The Labute approximate surface area is 180 Å². The van der Waals surface area contributed by atoms with Gasteiger partial charge in [0.15, 0.2) is 0 Å². The lowest BCUT2D eigenvalue weighted by atomic mass is 10.1. The standard InChI is InChI=1S/C22H26N6O3/c1-30-11-9-28-15-25-20-12-16(2-3-17(20)22(28)29)26-5-7-27(8-6-26)21-18-13-31-10-4-19(18)23-14-24-21/h2-3,12,14-15H,4-11,13H2,1H3. The Morgan fingerprint density at radius 2 is 1.94 bits per heavy atom. The number of fused-ring (bicyclic) bond motifs is 2. The lowest BCUT2D eigenvalue weighted by molar-refractivity contribution is 0.109. The third kappa shape index (κ3) is 3.86. The van der Waals surface area contributed by atoms with Gasteiger partial charge < -0.3 is 19.3 Å². The van der Waals surface area contributed by atoms with Crippen molar-refractivity contribution in [3.8, 4) is 0 Å². The van der Waals surface area contributed by atoms with Gasteiger partial charge in [-0.3, -0.25) is 9.36 Å². The minimum Gasteiger partial charge on any atom is -0.383 e. The van der Waals surface area contributed by atoms with E-state index in [2.05, 4.69) is 24.8 Å². The zero-order chi connectivity index (χ0) is 21.2. The summed E-state index contributed by atoms with van der Waals surface area (Å²) in [6.45, 7) is 5.78. The third-order valence-electron chi connectivity index (χ3n) is 6.03. The fourth-order valence-corrected chi connectivity index (χ4v) is 4.29. The molecule has 0 amide bonds. The van der Waals surface area contributed by atoms with Crippen molar-refractivity contribution in [1.29, 1.82) is 0 Å². The van der Waals surface area contributed by atoms with Gasteiger partial charge in [0.25, 0.3) is 5.56 Å². The van der Waals surface area contributed by atoms with Crippen molar-refractivity contribution < 1.29 is 9.47 Å². The van der Waals surface area contributed by atoms with Crippen LogP contribution in [0, 0.1) is 0 Å². The van der Waals surface area contributed by atoms with E-state index in [9.17, 15) is 4.79 Å². The van der Waals surface area contributed by atoms with Crippen molar-refractivity contribution >= 4 is 22.4 Å². The quantitative estimate of drug-likeness (QED) is 0.607. The summed E-state index contributed by atoms with van der Waals surface area (Å²) in [7, 11) is 1.62. The number of benzene rings is 1. The van der Waals surface area contributed by atoms with Crippen molar-refractivity contribution in [2.75, 3.05) is 56.3 Å². The summed E-state index contributed by atoms with van der Waals surface area (Å²) in [5, 5.41) is 0.633. The van der Waals surface area contributed by atoms with Gasteiger partial charge in [-0.1, -0.05) is 0 Å². The topological polar surface area (TPSA) is 85.6 Å². The zero-order valence-corrected chi connectivity index (χ0v) is 17.7. The van der Waals surface area contributed by atoms with Crippen LogP contribution in [-0.2, 0) is 29.0 Å². The molecule has 1 saturated heterocycles. The lowest BCUT2D eigenvalue weighted by Crippen LogP contribution is -2.47. The number of ether oxygens (including phenoxy) is 2. The van der Waals surface area contributed by atoms with Crippen LogP contribution in [0.15, 0.2) is 35.6 Å². The second kappa shape index (κ2) is 8.60. The van der Waals surface area contributed by atoms with Crippen LogP contribution in [0.25, 0.3) is 10.9 Å². The molecule has 0 bridgehead atoms. The van der Waals surface area contributed by atoms with Gasteiger partial charge in [-0.25, -0.2) is 15.0 Å². The molecule has 0 unspecified atom stereocenters. The van der Waals surface area contributed by atoms with Gasteiger partial charge >= 0.3 is 0 Å². The maximum absolute atomic E-state index is 12.7. The molecule has 2 aliphatic rings. The predicted molar refractivity (Wildman–Crippen MR) is 118 cm³/mol. The van der Waals surface area contributed by atoms with Crippen LogP contribution in [0.5, 0.6) is 0 Å². The van der Waals surface area contributed by atoms with E-state index in [1.807, 2.05) is 18.2 Å². The average Bonchev–Trinajstić information content (AvgIpc) is 2.83. The van der Waals surface area contributed by atoms with Crippen molar-refractivity contribution in [1.82, 2.24) is 19.5 Å². The van der Waals surface area contributed by atoms with Crippen LogP contribution in [0.2, 0.25) is 0 Å². The van der Waals surface area contributed by atoms with E-state index < -0.39 is 0 Å². The van der Waals surface area contributed by atoms with E-state index in [0.717, 1.165) is 67.5 Å². The second-order valence-electron chi connectivity index (χ2n) is 7.84. The molecule has 0 saturated carbocycles. The minimum atomic E-state index is -0.0332. The van der Waals surface area contributed by atoms with E-state index in [-0.39, 0.29) is 5.56 Å². The molecule has 1 aromatic carbocycles. The van der Waals surface area contributed by atoms with E-state index in [1.165, 1.54) is 0 Å². The smallest absolute Gasteiger partial charge is 0.261 e. The summed E-state index contributed by atoms with van der Waals surface area (Å²) in [5.41, 5.74) is 4.01. The molecule has 9 heteroatoms. The monoisotopic (exact) mass is 422 g/mol. The Kier molecular flexibility index (Phi) is 5.52. The first-order chi connectivity index (χ1) is 15.2. The Morgan fingerprint density at radius 1 is 1.10 bits per heavy atom. The van der Waals surface area contributed by atoms with Crippen LogP contribution in [0.4, 0.5) is 11.5 Å². The van der Waals surface area contributed by atoms with Crippen LogP contribution >= 0.6 is 0 Å². The van der Waals surface area contributed by atoms with Gasteiger partial charge in [0.2, 0.25) is 0 Å². The lowest BCUT2D eigenvalue weighted by Gasteiger charge is -2.38. The Balaban J connectivity index is 1.32. The Morgan fingerprint density at radius 3 is 2.77 bits per heavy atom. The molecule has 9 nitrogen and oxygen atoms in total. The van der Waals surface area contributed by atoms with Gasteiger partial charge in [0, 0.05) is 51.0 Å². The molecule has 4 heterocycles. The highest BCUT2D eigenvalue weighted by molar-refractivity contribution is 5.81. The van der Waals surface area contributed by atoms with Crippen LogP contribution in [0.1, 0.15) is 11.3 Å². The first kappa shape index (κ1) is 19.9. The maximum atomic E-state index is 12.7. The summed E-state index contributed by atoms with van der Waals surface area (Å²) in [6, 6.07) is 5.91. The number of piperazine rings is 1. The summed E-state index contributed by atoms with van der Waals surface area (Å²) >= 11 is 0. The van der Waals surface area contributed by atoms with Gasteiger partial charge in [-0.05, 0) is 18.2 Å². The molecule has 5 rings (SSSR count). The highest BCUT2D eigenvalue weighted by atomic mass is 16.5. The number of hydrogen-bond donors (Lipinski definition) is 0. The first-order valence-corrected chi connectivity index (χ1v) is 10.6. The van der Waals surface area contributed by atoms with E-state index in [0.29, 0.717) is 25.1 Å². The Hall–Kier alpha value is -3.04. The largest absolute Gasteiger partial charge is 0.383 e.